The fourth-order valence-corrected chi connectivity index (χ4v) is 4.60. The maximum absolute atomic E-state index is 13.0. The van der Waals surface area contributed by atoms with Crippen LogP contribution in [0.2, 0.25) is 18.1 Å². The van der Waals surface area contributed by atoms with Crippen molar-refractivity contribution in [3.05, 3.63) is 0 Å². The molecule has 0 aliphatic heterocycles. The van der Waals surface area contributed by atoms with Gasteiger partial charge in [-0.15, -0.1) is 0 Å². The molecule has 0 radical (unpaired) electrons. The zero-order chi connectivity index (χ0) is 24.7. The third-order valence-corrected chi connectivity index (χ3v) is 10.7. The molecule has 0 fully saturated rings. The Morgan fingerprint density at radius 1 is 0.903 bits per heavy atom. The smallest absolute Gasteiger partial charge is 0.243 e. The first-order chi connectivity index (χ1) is 13.9. The molecule has 4 N–H and O–H groups in total. The van der Waals surface area contributed by atoms with E-state index in [4.69, 9.17) is 10.2 Å². The van der Waals surface area contributed by atoms with Crippen molar-refractivity contribution in [2.45, 2.75) is 124 Å². The van der Waals surface area contributed by atoms with Crippen molar-refractivity contribution in [1.29, 1.82) is 0 Å². The summed E-state index contributed by atoms with van der Waals surface area (Å²) >= 11 is 0. The van der Waals surface area contributed by atoms with Gasteiger partial charge in [0.25, 0.3) is 0 Å². The quantitative estimate of drug-likeness (QED) is 0.378. The molecule has 0 aromatic carbocycles. The van der Waals surface area contributed by atoms with Gasteiger partial charge in [0.2, 0.25) is 11.8 Å². The van der Waals surface area contributed by atoms with E-state index in [0.717, 1.165) is 6.42 Å². The van der Waals surface area contributed by atoms with Gasteiger partial charge >= 0.3 is 0 Å². The van der Waals surface area contributed by atoms with E-state index in [1.165, 1.54) is 0 Å². The maximum atomic E-state index is 13.0. The monoisotopic (exact) mass is 457 g/mol. The third kappa shape index (κ3) is 10.5. The lowest BCUT2D eigenvalue weighted by atomic mass is 9.92. The highest BCUT2D eigenvalue weighted by Gasteiger charge is 2.41. The van der Waals surface area contributed by atoms with Crippen LogP contribution in [0.5, 0.6) is 0 Å². The summed E-state index contributed by atoms with van der Waals surface area (Å²) in [5.41, 5.74) is 6.57. The highest BCUT2D eigenvalue weighted by Crippen LogP contribution is 2.38. The number of carbonyl (C=O) groups is 2. The van der Waals surface area contributed by atoms with Gasteiger partial charge < -0.3 is 20.8 Å². The molecule has 0 heterocycles. The molecule has 4 atom stereocenters. The van der Waals surface area contributed by atoms with Gasteiger partial charge in [-0.3, -0.25) is 9.59 Å². The first kappa shape index (κ1) is 30.1. The molecule has 0 saturated heterocycles. The van der Waals surface area contributed by atoms with Crippen LogP contribution in [-0.4, -0.2) is 44.4 Å². The summed E-state index contributed by atoms with van der Waals surface area (Å²) < 4.78 is 6.69. The van der Waals surface area contributed by atoms with E-state index in [0.29, 0.717) is 12.3 Å². The Hall–Kier alpha value is -0.923. The van der Waals surface area contributed by atoms with E-state index < -0.39 is 14.4 Å². The van der Waals surface area contributed by atoms with Gasteiger partial charge in [-0.05, 0) is 56.7 Å². The van der Waals surface area contributed by atoms with Crippen LogP contribution in [0.3, 0.4) is 0 Å². The summed E-state index contributed by atoms with van der Waals surface area (Å²) in [6, 6.07) is -0.657. The molecule has 31 heavy (non-hydrogen) atoms. The molecule has 0 aromatic rings. The van der Waals surface area contributed by atoms with Crippen molar-refractivity contribution in [3.63, 3.8) is 0 Å². The van der Waals surface area contributed by atoms with Crippen LogP contribution in [0.15, 0.2) is 0 Å². The van der Waals surface area contributed by atoms with Gasteiger partial charge in [0.1, 0.15) is 6.04 Å². The van der Waals surface area contributed by atoms with E-state index in [1.54, 1.807) is 0 Å². The normalized spacial score (nSPS) is 16.9. The van der Waals surface area contributed by atoms with Gasteiger partial charge in [0, 0.05) is 18.0 Å². The minimum Gasteiger partial charge on any atom is -0.412 e. The van der Waals surface area contributed by atoms with E-state index in [1.807, 2.05) is 34.6 Å². The predicted molar refractivity (Wildman–Crippen MR) is 133 cm³/mol. The summed E-state index contributed by atoms with van der Waals surface area (Å²) in [4.78, 5) is 25.6. The third-order valence-electron chi connectivity index (χ3n) is 6.18. The molecular formula is C24H51N3O3Si. The van der Waals surface area contributed by atoms with Crippen LogP contribution in [0.25, 0.3) is 0 Å². The van der Waals surface area contributed by atoms with Crippen molar-refractivity contribution in [1.82, 2.24) is 10.6 Å². The summed E-state index contributed by atoms with van der Waals surface area (Å²) in [5, 5.41) is 5.93. The van der Waals surface area contributed by atoms with Gasteiger partial charge in [0.05, 0.1) is 6.10 Å². The average Bonchev–Trinajstić information content (AvgIpc) is 2.55. The second-order valence-corrected chi connectivity index (χ2v) is 16.5. The van der Waals surface area contributed by atoms with E-state index in [-0.39, 0.29) is 46.9 Å². The molecule has 0 spiro atoms. The molecule has 0 bridgehead atoms. The minimum absolute atomic E-state index is 0.00243. The zero-order valence-electron chi connectivity index (χ0n) is 22.3. The highest BCUT2D eigenvalue weighted by molar-refractivity contribution is 6.74. The molecule has 0 saturated carbocycles. The Labute approximate surface area is 193 Å². The average molecular weight is 458 g/mol. The van der Waals surface area contributed by atoms with E-state index in [2.05, 4.69) is 58.3 Å². The second-order valence-electron chi connectivity index (χ2n) is 11.7. The first-order valence-electron chi connectivity index (χ1n) is 11.9. The van der Waals surface area contributed by atoms with Crippen LogP contribution in [-0.2, 0) is 14.0 Å². The van der Waals surface area contributed by atoms with Crippen LogP contribution in [0, 0.1) is 17.8 Å². The summed E-state index contributed by atoms with van der Waals surface area (Å²) in [6.45, 7) is 25.0. The highest BCUT2D eigenvalue weighted by atomic mass is 28.4. The molecule has 2 amide bonds. The first-order valence-corrected chi connectivity index (χ1v) is 14.8. The molecule has 184 valence electrons. The van der Waals surface area contributed by atoms with Gasteiger partial charge in [-0.1, -0.05) is 55.4 Å². The molecule has 6 nitrogen and oxygen atoms in total. The lowest BCUT2D eigenvalue weighted by Gasteiger charge is -2.41. The Balaban J connectivity index is 5.44. The van der Waals surface area contributed by atoms with Crippen LogP contribution in [0.4, 0.5) is 0 Å². The Kier molecular flexibility index (Phi) is 12.0. The number of nitrogens with two attached hydrogens (primary N) is 1. The van der Waals surface area contributed by atoms with Gasteiger partial charge in [0.15, 0.2) is 8.32 Å². The molecule has 0 unspecified atom stereocenters. The predicted octanol–water partition coefficient (Wildman–Crippen LogP) is 4.44. The fourth-order valence-electron chi connectivity index (χ4n) is 3.22. The molecule has 7 heteroatoms. The minimum atomic E-state index is -2.05. The summed E-state index contributed by atoms with van der Waals surface area (Å²) in [7, 11) is -2.05. The topological polar surface area (TPSA) is 93.5 Å². The van der Waals surface area contributed by atoms with Crippen LogP contribution < -0.4 is 16.4 Å². The van der Waals surface area contributed by atoms with E-state index >= 15 is 0 Å². The largest absolute Gasteiger partial charge is 0.412 e. The molecular weight excluding hydrogens is 406 g/mol. The second kappa shape index (κ2) is 12.4. The van der Waals surface area contributed by atoms with E-state index in [9.17, 15) is 9.59 Å². The Morgan fingerprint density at radius 2 is 1.42 bits per heavy atom. The maximum Gasteiger partial charge on any atom is 0.243 e. The number of nitrogens with one attached hydrogen (secondary N) is 2. The number of rotatable bonds is 12. The number of hydrogen-bond acceptors (Lipinski definition) is 4. The lowest BCUT2D eigenvalue weighted by molar-refractivity contribution is -0.132. The number of carbonyl (C=O) groups excluding carboxylic acids is 2. The van der Waals surface area contributed by atoms with Crippen LogP contribution in [0.1, 0.15) is 82.1 Å². The SMILES string of the molecule is CC(C)C[C@H](N)[C@H](C[C@@H](C)C(=O)N[C@H](C(=O)NC(C)C)C(C)C)O[Si](C)(C)C(C)(C)C. The molecule has 0 rings (SSSR count). The summed E-state index contributed by atoms with van der Waals surface area (Å²) in [5.74, 6) is -0.123. The molecule has 0 aromatic heterocycles. The Morgan fingerprint density at radius 3 is 1.81 bits per heavy atom. The van der Waals surface area contributed by atoms with Gasteiger partial charge in [-0.25, -0.2) is 0 Å². The zero-order valence-corrected chi connectivity index (χ0v) is 23.3. The number of amides is 2. The van der Waals surface area contributed by atoms with Crippen molar-refractivity contribution in [2.75, 3.05) is 0 Å². The van der Waals surface area contributed by atoms with Crippen LogP contribution >= 0.6 is 0 Å². The number of hydrogen-bond donors (Lipinski definition) is 3. The molecule has 0 aliphatic carbocycles. The van der Waals surface area contributed by atoms with Crippen molar-refractivity contribution < 1.29 is 14.0 Å². The fraction of sp³-hybridized carbons (Fsp3) is 0.917. The van der Waals surface area contributed by atoms with Crippen molar-refractivity contribution in [3.8, 4) is 0 Å². The Bertz CT molecular complexity index is 571. The van der Waals surface area contributed by atoms with Gasteiger partial charge in [-0.2, -0.15) is 0 Å². The standard InChI is InChI=1S/C24H51N3O3Si/c1-15(2)13-19(25)20(30-31(11,12)24(8,9)10)14-18(7)22(28)27-21(16(3)4)23(29)26-17(5)6/h15-21H,13-14,25H2,1-12H3,(H,26,29)(H,27,28)/t18-,19+,20+,21+/m1/s1. The lowest BCUT2D eigenvalue weighted by Crippen LogP contribution is -2.53. The summed E-state index contributed by atoms with van der Waals surface area (Å²) in [6.07, 6.45) is 1.20. The van der Waals surface area contributed by atoms with Crippen molar-refractivity contribution >= 4 is 20.1 Å². The molecule has 0 aliphatic rings. The van der Waals surface area contributed by atoms with Crippen molar-refractivity contribution in [2.24, 2.45) is 23.5 Å².